The van der Waals surface area contributed by atoms with Crippen molar-refractivity contribution in [2.75, 3.05) is 0 Å². The van der Waals surface area contributed by atoms with Crippen LogP contribution in [-0.2, 0) is 13.1 Å². The van der Waals surface area contributed by atoms with Crippen molar-refractivity contribution in [3.05, 3.63) is 44.1 Å². The normalized spacial score (nSPS) is 10.2. The van der Waals surface area contributed by atoms with E-state index in [0.29, 0.717) is 16.7 Å². The third-order valence-electron chi connectivity index (χ3n) is 2.36. The van der Waals surface area contributed by atoms with Gasteiger partial charge in [-0.1, -0.05) is 12.2 Å². The lowest BCUT2D eigenvalue weighted by molar-refractivity contribution is 0.686. The maximum absolute atomic E-state index is 8.88. The summed E-state index contributed by atoms with van der Waals surface area (Å²) in [6, 6.07) is 3.88. The van der Waals surface area contributed by atoms with Crippen molar-refractivity contribution in [2.45, 2.75) is 20.0 Å². The van der Waals surface area contributed by atoms with E-state index in [2.05, 4.69) is 21.4 Å². The summed E-state index contributed by atoms with van der Waals surface area (Å²) in [5.41, 5.74) is 2.56. The topological polar surface area (TPSA) is 64.5 Å². The molecule has 0 aromatic carbocycles. The van der Waals surface area contributed by atoms with E-state index in [-0.39, 0.29) is 0 Å². The van der Waals surface area contributed by atoms with E-state index in [1.54, 1.807) is 17.4 Å². The molecular weight excluding hydrogens is 264 g/mol. The van der Waals surface area contributed by atoms with Crippen LogP contribution in [-0.4, -0.2) is 9.97 Å². The number of hydrogen-bond donors (Lipinski definition) is 2. The Labute approximate surface area is 114 Å². The van der Waals surface area contributed by atoms with Gasteiger partial charge in [-0.05, 0) is 18.6 Å². The Morgan fingerprint density at radius 1 is 1.56 bits per heavy atom. The molecule has 0 amide bonds. The zero-order valence-electron chi connectivity index (χ0n) is 9.86. The van der Waals surface area contributed by atoms with Crippen LogP contribution in [0.5, 0.6) is 0 Å². The summed E-state index contributed by atoms with van der Waals surface area (Å²) >= 11 is 6.64. The molecule has 2 aromatic heterocycles. The Hall–Kier alpha value is -1.55. The first-order valence-corrected chi connectivity index (χ1v) is 6.71. The molecule has 0 fully saturated rings. The summed E-state index contributed by atoms with van der Waals surface area (Å²) in [6.45, 7) is 3.39. The van der Waals surface area contributed by atoms with E-state index in [0.717, 1.165) is 22.8 Å². The molecule has 2 N–H and O–H groups in total. The number of pyridine rings is 1. The van der Waals surface area contributed by atoms with Crippen molar-refractivity contribution in [3.63, 3.8) is 0 Å². The minimum absolute atomic E-state index is 0.483. The molecule has 0 saturated carbocycles. The Morgan fingerprint density at radius 3 is 3.06 bits per heavy atom. The van der Waals surface area contributed by atoms with E-state index >= 15 is 0 Å². The summed E-state index contributed by atoms with van der Waals surface area (Å²) in [7, 11) is 0. The van der Waals surface area contributed by atoms with Crippen LogP contribution in [0.25, 0.3) is 0 Å². The molecule has 4 nitrogen and oxygen atoms in total. The van der Waals surface area contributed by atoms with Crippen LogP contribution in [0.15, 0.2) is 17.6 Å². The van der Waals surface area contributed by atoms with Gasteiger partial charge in [0.2, 0.25) is 0 Å². The molecule has 0 saturated heterocycles. The van der Waals surface area contributed by atoms with E-state index in [1.807, 2.05) is 18.5 Å². The second-order valence-electron chi connectivity index (χ2n) is 3.85. The fourth-order valence-electron chi connectivity index (χ4n) is 1.51. The number of H-pyrrole nitrogens is 1. The summed E-state index contributed by atoms with van der Waals surface area (Å²) in [4.78, 5) is 7.28. The molecule has 18 heavy (non-hydrogen) atoms. The molecule has 2 heterocycles. The molecule has 2 aromatic rings. The van der Waals surface area contributed by atoms with Gasteiger partial charge in [0.05, 0.1) is 5.56 Å². The minimum Gasteiger partial charge on any atom is -0.351 e. The first-order chi connectivity index (χ1) is 8.69. The maximum atomic E-state index is 8.88. The van der Waals surface area contributed by atoms with E-state index in [4.69, 9.17) is 17.5 Å². The second kappa shape index (κ2) is 5.87. The van der Waals surface area contributed by atoms with Gasteiger partial charge in [0, 0.05) is 30.4 Å². The highest BCUT2D eigenvalue weighted by Crippen LogP contribution is 2.09. The quantitative estimate of drug-likeness (QED) is 0.843. The number of aromatic amines is 1. The lowest BCUT2D eigenvalue weighted by Crippen LogP contribution is -2.12. The van der Waals surface area contributed by atoms with Gasteiger partial charge < -0.3 is 10.3 Å². The number of nitrogens with zero attached hydrogens (tertiary/aromatic N) is 2. The molecule has 92 valence electrons. The van der Waals surface area contributed by atoms with Crippen LogP contribution in [0.3, 0.4) is 0 Å². The number of aromatic nitrogens is 2. The van der Waals surface area contributed by atoms with Gasteiger partial charge in [0.25, 0.3) is 0 Å². The van der Waals surface area contributed by atoms with Gasteiger partial charge in [-0.2, -0.15) is 5.26 Å². The van der Waals surface area contributed by atoms with E-state index in [9.17, 15) is 0 Å². The van der Waals surface area contributed by atoms with Crippen LogP contribution >= 0.6 is 23.6 Å². The van der Waals surface area contributed by atoms with Crippen LogP contribution in [0.2, 0.25) is 0 Å². The van der Waals surface area contributed by atoms with Gasteiger partial charge in [-0.3, -0.25) is 0 Å². The number of rotatable bonds is 4. The second-order valence-corrected chi connectivity index (χ2v) is 5.20. The highest BCUT2D eigenvalue weighted by molar-refractivity contribution is 7.71. The van der Waals surface area contributed by atoms with Gasteiger partial charge in [-0.25, -0.2) is 4.98 Å². The molecule has 2 rings (SSSR count). The molecule has 0 aliphatic rings. The average molecular weight is 276 g/mol. The number of hydrogen-bond acceptors (Lipinski definition) is 5. The molecule has 0 unspecified atom stereocenters. The standard InChI is InChI=1S/C12H12N4S2/c1-8-7-18-11(16-8)6-14-4-9-2-10(3-13)12(17)15-5-9/h2,5,7,14H,4,6H2,1H3,(H,15,17). The summed E-state index contributed by atoms with van der Waals surface area (Å²) < 4.78 is 0.483. The van der Waals surface area contributed by atoms with Crippen molar-refractivity contribution in [1.29, 1.82) is 5.26 Å². The lowest BCUT2D eigenvalue weighted by Gasteiger charge is -2.03. The highest BCUT2D eigenvalue weighted by Gasteiger charge is 2.00. The van der Waals surface area contributed by atoms with Crippen LogP contribution in [0.4, 0.5) is 0 Å². The maximum Gasteiger partial charge on any atom is 0.121 e. The van der Waals surface area contributed by atoms with Crippen LogP contribution in [0.1, 0.15) is 21.8 Å². The largest absolute Gasteiger partial charge is 0.351 e. The van der Waals surface area contributed by atoms with E-state index in [1.165, 1.54) is 0 Å². The monoisotopic (exact) mass is 276 g/mol. The molecule has 0 aliphatic heterocycles. The molecule has 0 bridgehead atoms. The molecule has 0 radical (unpaired) electrons. The van der Waals surface area contributed by atoms with Gasteiger partial charge in [-0.15, -0.1) is 11.3 Å². The van der Waals surface area contributed by atoms with Gasteiger partial charge >= 0.3 is 0 Å². The number of nitrogens with one attached hydrogen (secondary N) is 2. The van der Waals surface area contributed by atoms with Gasteiger partial charge in [0.1, 0.15) is 15.7 Å². The predicted molar refractivity (Wildman–Crippen MR) is 73.7 cm³/mol. The average Bonchev–Trinajstić information content (AvgIpc) is 2.77. The molecule has 6 heteroatoms. The van der Waals surface area contributed by atoms with Gasteiger partial charge in [0.15, 0.2) is 0 Å². The predicted octanol–water partition coefficient (Wildman–Crippen LogP) is 2.67. The smallest absolute Gasteiger partial charge is 0.121 e. The summed E-state index contributed by atoms with van der Waals surface area (Å²) in [5.74, 6) is 0. The Bertz CT molecular complexity index is 636. The lowest BCUT2D eigenvalue weighted by atomic mass is 10.2. The fourth-order valence-corrected chi connectivity index (χ4v) is 2.42. The van der Waals surface area contributed by atoms with Crippen LogP contribution in [0, 0.1) is 22.9 Å². The van der Waals surface area contributed by atoms with Crippen molar-refractivity contribution in [3.8, 4) is 6.07 Å². The number of aryl methyl sites for hydroxylation is 1. The van der Waals surface area contributed by atoms with Crippen LogP contribution < -0.4 is 5.32 Å². The molecular formula is C12H12N4S2. The molecule has 0 spiro atoms. The molecule has 0 aliphatic carbocycles. The Morgan fingerprint density at radius 2 is 2.39 bits per heavy atom. The highest BCUT2D eigenvalue weighted by atomic mass is 32.1. The molecule has 0 atom stereocenters. The minimum atomic E-state index is 0.483. The summed E-state index contributed by atoms with van der Waals surface area (Å²) in [6.07, 6.45) is 1.82. The summed E-state index contributed by atoms with van der Waals surface area (Å²) in [5, 5.41) is 15.3. The van der Waals surface area contributed by atoms with Crippen molar-refractivity contribution in [2.24, 2.45) is 0 Å². The third kappa shape index (κ3) is 3.23. The SMILES string of the molecule is Cc1csc(CNCc2c[nH]c(=S)c(C#N)c2)n1. The first kappa shape index (κ1) is 12.9. The number of nitriles is 1. The Kier molecular flexibility index (Phi) is 4.20. The zero-order chi connectivity index (χ0) is 13.0. The number of thiazole rings is 1. The van der Waals surface area contributed by atoms with Crippen molar-refractivity contribution in [1.82, 2.24) is 15.3 Å². The zero-order valence-corrected chi connectivity index (χ0v) is 11.5. The third-order valence-corrected chi connectivity index (χ3v) is 3.66. The van der Waals surface area contributed by atoms with E-state index < -0.39 is 0 Å². The first-order valence-electron chi connectivity index (χ1n) is 5.42. The van der Waals surface area contributed by atoms with Crippen molar-refractivity contribution < 1.29 is 0 Å². The van der Waals surface area contributed by atoms with Crippen molar-refractivity contribution >= 4 is 23.6 Å². The Balaban J connectivity index is 1.95. The fraction of sp³-hybridized carbons (Fsp3) is 0.250.